The Morgan fingerprint density at radius 2 is 1.54 bits per heavy atom. The van der Waals surface area contributed by atoms with E-state index in [4.69, 9.17) is 9.72 Å². The summed E-state index contributed by atoms with van der Waals surface area (Å²) in [7, 11) is -1.34. The first-order chi connectivity index (χ1) is 19.1. The lowest BCUT2D eigenvalue weighted by atomic mass is 10.1. The van der Waals surface area contributed by atoms with Gasteiger partial charge in [0.25, 0.3) is 0 Å². The monoisotopic (exact) mass is 531 g/mol. The normalized spacial score (nSPS) is 11.7. The van der Waals surface area contributed by atoms with Gasteiger partial charge in [-0.1, -0.05) is 48.0 Å². The predicted molar refractivity (Wildman–Crippen MR) is 156 cm³/mol. The van der Waals surface area contributed by atoms with E-state index in [0.29, 0.717) is 11.5 Å². The number of imidazole rings is 1. The number of aromatic nitrogens is 3. The van der Waals surface area contributed by atoms with Crippen LogP contribution in [0.1, 0.15) is 5.56 Å². The fourth-order valence-electron chi connectivity index (χ4n) is 4.11. The molecule has 0 saturated heterocycles. The minimum Gasteiger partial charge on any atom is -0.457 e. The quantitative estimate of drug-likeness (QED) is 0.214. The minimum atomic E-state index is -1.34. The first kappa shape index (κ1) is 24.4. The molecule has 0 saturated carbocycles. The van der Waals surface area contributed by atoms with E-state index in [2.05, 4.69) is 15.0 Å². The molecule has 0 fully saturated rings. The predicted octanol–water partition coefficient (Wildman–Crippen LogP) is 7.38. The number of hydrogen-bond donors (Lipinski definition) is 2. The summed E-state index contributed by atoms with van der Waals surface area (Å²) >= 11 is 0. The number of benzene rings is 4. The van der Waals surface area contributed by atoms with Crippen LogP contribution in [0.25, 0.3) is 16.9 Å². The molecule has 0 amide bonds. The van der Waals surface area contributed by atoms with Crippen molar-refractivity contribution in [2.24, 2.45) is 0 Å². The number of anilines is 3. The Morgan fingerprint density at radius 1 is 0.821 bits per heavy atom. The largest absolute Gasteiger partial charge is 0.457 e. The zero-order chi connectivity index (χ0) is 26.6. The Morgan fingerprint density at radius 3 is 2.33 bits per heavy atom. The van der Waals surface area contributed by atoms with Crippen molar-refractivity contribution in [3.63, 3.8) is 0 Å². The van der Waals surface area contributed by atoms with Gasteiger partial charge in [-0.3, -0.25) is 0 Å². The Kier molecular flexibility index (Phi) is 6.76. The van der Waals surface area contributed by atoms with Crippen LogP contribution in [0.15, 0.2) is 127 Å². The summed E-state index contributed by atoms with van der Waals surface area (Å²) in [5.41, 5.74) is 5.06. The minimum absolute atomic E-state index is 0.620. The van der Waals surface area contributed by atoms with Crippen molar-refractivity contribution in [2.45, 2.75) is 11.8 Å². The van der Waals surface area contributed by atoms with Crippen LogP contribution in [-0.4, -0.2) is 18.6 Å². The summed E-state index contributed by atoms with van der Waals surface area (Å²) in [6.45, 7) is 2.00. The summed E-state index contributed by atoms with van der Waals surface area (Å²) in [4.78, 5) is 10.1. The van der Waals surface area contributed by atoms with Crippen molar-refractivity contribution in [2.75, 3.05) is 10.0 Å². The van der Waals surface area contributed by atoms with E-state index in [1.807, 2.05) is 127 Å². The molecule has 7 nitrogen and oxygen atoms in total. The summed E-state index contributed by atoms with van der Waals surface area (Å²) in [6.07, 6.45) is 5.56. The van der Waals surface area contributed by atoms with Crippen molar-refractivity contribution < 1.29 is 8.95 Å². The van der Waals surface area contributed by atoms with Gasteiger partial charge in [0.2, 0.25) is 0 Å². The molecule has 0 aliphatic carbocycles. The average Bonchev–Trinajstić information content (AvgIpc) is 3.41. The Labute approximate surface area is 228 Å². The van der Waals surface area contributed by atoms with Gasteiger partial charge in [0.1, 0.15) is 22.5 Å². The highest BCUT2D eigenvalue weighted by molar-refractivity contribution is 7.86. The molecule has 4 aromatic carbocycles. The van der Waals surface area contributed by atoms with Crippen LogP contribution in [0.4, 0.5) is 17.2 Å². The zero-order valence-corrected chi connectivity index (χ0v) is 21.9. The number of fused-ring (bicyclic) bond motifs is 1. The average molecular weight is 532 g/mol. The molecule has 0 radical (unpaired) electrons. The van der Waals surface area contributed by atoms with Crippen molar-refractivity contribution in [3.8, 4) is 22.8 Å². The number of nitrogens with one attached hydrogen (secondary N) is 2. The second-order valence-corrected chi connectivity index (χ2v) is 10.1. The molecular formula is C31H25N5O2S. The Hall–Kier alpha value is -4.95. The van der Waals surface area contributed by atoms with Gasteiger partial charge in [-0.2, -0.15) is 0 Å². The fourth-order valence-corrected chi connectivity index (χ4v) is 4.96. The summed E-state index contributed by atoms with van der Waals surface area (Å²) in [6, 6.07) is 32.7. The van der Waals surface area contributed by atoms with Crippen molar-refractivity contribution in [3.05, 3.63) is 127 Å². The van der Waals surface area contributed by atoms with E-state index in [0.717, 1.165) is 44.6 Å². The van der Waals surface area contributed by atoms with Crippen LogP contribution in [0, 0.1) is 6.92 Å². The van der Waals surface area contributed by atoms with Gasteiger partial charge in [-0.15, -0.1) is 0 Å². The second kappa shape index (κ2) is 10.8. The molecule has 0 spiro atoms. The molecule has 6 aromatic rings. The van der Waals surface area contributed by atoms with Gasteiger partial charge < -0.3 is 19.2 Å². The molecule has 0 aliphatic rings. The van der Waals surface area contributed by atoms with Crippen molar-refractivity contribution >= 4 is 33.8 Å². The summed E-state index contributed by atoms with van der Waals surface area (Å²) in [5.74, 6) is 2.10. The van der Waals surface area contributed by atoms with Crippen LogP contribution in [0.2, 0.25) is 0 Å². The number of para-hydroxylation sites is 2. The van der Waals surface area contributed by atoms with Crippen LogP contribution in [0.5, 0.6) is 11.5 Å². The third-order valence-electron chi connectivity index (χ3n) is 6.10. The molecule has 2 N–H and O–H groups in total. The van der Waals surface area contributed by atoms with E-state index in [1.165, 1.54) is 0 Å². The second-order valence-electron chi connectivity index (χ2n) is 8.93. The third-order valence-corrected chi connectivity index (χ3v) is 7.22. The summed E-state index contributed by atoms with van der Waals surface area (Å²) in [5, 5.41) is 3.36. The standard InChI is InChI=1S/C31H25N5O2S/c1-22-11-17-26(18-12-22)39(37)35-24-15-13-23(14-16-24)33-30-31-34-28(21-36(31)20-19-32-30)27-9-5-6-10-29(27)38-25-7-3-2-4-8-25/h2-21,35H,1H3,(H,32,33). The lowest BCUT2D eigenvalue weighted by Crippen LogP contribution is -2.04. The molecule has 6 rings (SSSR count). The highest BCUT2D eigenvalue weighted by Crippen LogP contribution is 2.33. The van der Waals surface area contributed by atoms with Gasteiger partial charge >= 0.3 is 0 Å². The van der Waals surface area contributed by atoms with Gasteiger partial charge in [0.15, 0.2) is 11.5 Å². The van der Waals surface area contributed by atoms with Gasteiger partial charge in [-0.05, 0) is 67.6 Å². The topological polar surface area (TPSA) is 80.6 Å². The molecule has 2 aromatic heterocycles. The van der Waals surface area contributed by atoms with E-state index in [9.17, 15) is 4.21 Å². The fraction of sp³-hybridized carbons (Fsp3) is 0.0323. The molecule has 39 heavy (non-hydrogen) atoms. The molecule has 0 bridgehead atoms. The highest BCUT2D eigenvalue weighted by Gasteiger charge is 2.14. The van der Waals surface area contributed by atoms with Gasteiger partial charge in [0, 0.05) is 35.5 Å². The van der Waals surface area contributed by atoms with Crippen LogP contribution in [-0.2, 0) is 11.0 Å². The summed E-state index contributed by atoms with van der Waals surface area (Å²) < 4.78 is 23.8. The number of aryl methyl sites for hydroxylation is 1. The van der Waals surface area contributed by atoms with Crippen LogP contribution >= 0.6 is 0 Å². The molecular weight excluding hydrogens is 506 g/mol. The maximum Gasteiger partial charge on any atom is 0.181 e. The molecule has 0 aliphatic heterocycles. The first-order valence-corrected chi connectivity index (χ1v) is 13.6. The zero-order valence-electron chi connectivity index (χ0n) is 21.1. The first-order valence-electron chi connectivity index (χ1n) is 12.4. The van der Waals surface area contributed by atoms with Crippen LogP contribution < -0.4 is 14.8 Å². The molecule has 2 heterocycles. The van der Waals surface area contributed by atoms with Crippen molar-refractivity contribution in [1.29, 1.82) is 0 Å². The number of nitrogens with zero attached hydrogens (tertiary/aromatic N) is 3. The smallest absolute Gasteiger partial charge is 0.181 e. The lowest BCUT2D eigenvalue weighted by molar-refractivity contribution is 0.484. The van der Waals surface area contributed by atoms with Crippen molar-refractivity contribution in [1.82, 2.24) is 14.4 Å². The molecule has 1 atom stereocenters. The van der Waals surface area contributed by atoms with E-state index < -0.39 is 11.0 Å². The van der Waals surface area contributed by atoms with E-state index >= 15 is 0 Å². The Bertz CT molecular complexity index is 1750. The number of ether oxygens (including phenoxy) is 1. The lowest BCUT2D eigenvalue weighted by Gasteiger charge is -2.09. The Balaban J connectivity index is 1.22. The third kappa shape index (κ3) is 5.51. The number of rotatable bonds is 8. The van der Waals surface area contributed by atoms with E-state index in [-0.39, 0.29) is 0 Å². The van der Waals surface area contributed by atoms with Crippen LogP contribution in [0.3, 0.4) is 0 Å². The SMILES string of the molecule is Cc1ccc(S(=O)Nc2ccc(Nc3nccn4cc(-c5ccccc5Oc5ccccc5)nc34)cc2)cc1. The molecule has 1 unspecified atom stereocenters. The van der Waals surface area contributed by atoms with Gasteiger partial charge in [-0.25, -0.2) is 14.2 Å². The maximum absolute atomic E-state index is 12.6. The molecule has 192 valence electrons. The van der Waals surface area contributed by atoms with Gasteiger partial charge in [0.05, 0.1) is 10.6 Å². The molecule has 8 heteroatoms. The maximum atomic E-state index is 12.6. The van der Waals surface area contributed by atoms with E-state index in [1.54, 1.807) is 6.20 Å². The number of hydrogen-bond acceptors (Lipinski definition) is 5. The highest BCUT2D eigenvalue weighted by atomic mass is 32.2.